The van der Waals surface area contributed by atoms with Crippen LogP contribution in [-0.2, 0) is 5.41 Å². The summed E-state index contributed by atoms with van der Waals surface area (Å²) >= 11 is 0. The van der Waals surface area contributed by atoms with Gasteiger partial charge in [-0.15, -0.1) is 0 Å². The van der Waals surface area contributed by atoms with Crippen LogP contribution in [0.3, 0.4) is 0 Å². The van der Waals surface area contributed by atoms with Crippen LogP contribution in [-0.4, -0.2) is 24.9 Å². The first-order valence-corrected chi connectivity index (χ1v) is 16.2. The molecule has 5 nitrogen and oxygen atoms in total. The Kier molecular flexibility index (Phi) is 7.30. The van der Waals surface area contributed by atoms with Crippen LogP contribution in [0, 0.1) is 0 Å². The standard InChI is InChI=1S/C43H33N5/c1-43(2,3)37-27-35(28-13-7-4-8-14-28)34-25-23-30-24-26-36(44-38(30)39(34)45-37)29-19-21-33(22-20-29)42-47-40(31-15-9-5-10-16-31)46-41(48-42)32-17-11-6-12-18-32/h4-27H,1-3H3. The predicted octanol–water partition coefficient (Wildman–Crippen LogP) is 10.6. The zero-order chi connectivity index (χ0) is 32.7. The molecule has 0 spiro atoms. The van der Waals surface area contributed by atoms with Gasteiger partial charge >= 0.3 is 0 Å². The zero-order valence-corrected chi connectivity index (χ0v) is 27.1. The van der Waals surface area contributed by atoms with E-state index in [0.717, 1.165) is 55.4 Å². The largest absolute Gasteiger partial charge is 0.250 e. The van der Waals surface area contributed by atoms with Crippen molar-refractivity contribution in [3.8, 4) is 56.5 Å². The van der Waals surface area contributed by atoms with Crippen molar-refractivity contribution >= 4 is 21.8 Å². The molecule has 0 atom stereocenters. The average Bonchev–Trinajstić information content (AvgIpc) is 3.14. The Bertz CT molecular complexity index is 2340. The Balaban J connectivity index is 1.23. The molecule has 5 heteroatoms. The molecular formula is C43H33N5. The molecule has 0 bridgehead atoms. The number of pyridine rings is 2. The van der Waals surface area contributed by atoms with Gasteiger partial charge in [-0.2, -0.15) is 0 Å². The second-order valence-corrected chi connectivity index (χ2v) is 13.0. The van der Waals surface area contributed by atoms with Crippen molar-refractivity contribution in [2.75, 3.05) is 0 Å². The molecular weight excluding hydrogens is 587 g/mol. The lowest BCUT2D eigenvalue weighted by Gasteiger charge is -2.21. The predicted molar refractivity (Wildman–Crippen MR) is 196 cm³/mol. The van der Waals surface area contributed by atoms with Gasteiger partial charge in [-0.1, -0.05) is 154 Å². The van der Waals surface area contributed by atoms with Gasteiger partial charge in [-0.25, -0.2) is 24.9 Å². The van der Waals surface area contributed by atoms with E-state index in [2.05, 4.69) is 106 Å². The highest BCUT2D eigenvalue weighted by atomic mass is 15.0. The molecule has 0 radical (unpaired) electrons. The first-order valence-electron chi connectivity index (χ1n) is 16.2. The number of fused-ring (bicyclic) bond motifs is 3. The monoisotopic (exact) mass is 619 g/mol. The van der Waals surface area contributed by atoms with Gasteiger partial charge < -0.3 is 0 Å². The first-order chi connectivity index (χ1) is 23.4. The maximum absolute atomic E-state index is 5.24. The van der Waals surface area contributed by atoms with Gasteiger partial charge in [0.1, 0.15) is 0 Å². The third-order valence-electron chi connectivity index (χ3n) is 8.63. The molecule has 0 aliphatic heterocycles. The molecule has 0 fully saturated rings. The minimum atomic E-state index is -0.122. The van der Waals surface area contributed by atoms with Crippen molar-refractivity contribution < 1.29 is 0 Å². The summed E-state index contributed by atoms with van der Waals surface area (Å²) in [6.07, 6.45) is 0. The number of aromatic nitrogens is 5. The lowest BCUT2D eigenvalue weighted by atomic mass is 9.88. The molecule has 0 N–H and O–H groups in total. The third kappa shape index (κ3) is 5.60. The fourth-order valence-corrected chi connectivity index (χ4v) is 6.00. The molecule has 0 saturated carbocycles. The zero-order valence-electron chi connectivity index (χ0n) is 27.1. The molecule has 0 aliphatic rings. The van der Waals surface area contributed by atoms with Crippen LogP contribution in [0.15, 0.2) is 146 Å². The van der Waals surface area contributed by atoms with Crippen molar-refractivity contribution in [3.63, 3.8) is 0 Å². The van der Waals surface area contributed by atoms with Gasteiger partial charge in [0.15, 0.2) is 17.5 Å². The maximum atomic E-state index is 5.24. The van der Waals surface area contributed by atoms with Gasteiger partial charge in [0.05, 0.1) is 16.7 Å². The van der Waals surface area contributed by atoms with E-state index in [1.165, 1.54) is 11.1 Å². The molecule has 48 heavy (non-hydrogen) atoms. The summed E-state index contributed by atoms with van der Waals surface area (Å²) in [4.78, 5) is 25.1. The van der Waals surface area contributed by atoms with Crippen LogP contribution in [0.4, 0.5) is 0 Å². The van der Waals surface area contributed by atoms with Crippen LogP contribution in [0.25, 0.3) is 78.4 Å². The second kappa shape index (κ2) is 11.9. The quantitative estimate of drug-likeness (QED) is 0.179. The minimum Gasteiger partial charge on any atom is -0.250 e. The Hall–Kier alpha value is -6.07. The van der Waals surface area contributed by atoms with E-state index in [4.69, 9.17) is 24.9 Å². The van der Waals surface area contributed by atoms with E-state index in [0.29, 0.717) is 17.5 Å². The second-order valence-electron chi connectivity index (χ2n) is 13.0. The number of hydrogen-bond acceptors (Lipinski definition) is 5. The van der Waals surface area contributed by atoms with Crippen molar-refractivity contribution in [1.29, 1.82) is 0 Å². The molecule has 8 aromatic rings. The van der Waals surface area contributed by atoms with Crippen LogP contribution in [0.1, 0.15) is 26.5 Å². The van der Waals surface area contributed by atoms with E-state index < -0.39 is 0 Å². The lowest BCUT2D eigenvalue weighted by Crippen LogP contribution is -2.14. The van der Waals surface area contributed by atoms with E-state index in [1.54, 1.807) is 0 Å². The van der Waals surface area contributed by atoms with Gasteiger partial charge in [-0.3, -0.25) is 0 Å². The van der Waals surface area contributed by atoms with Gasteiger partial charge in [-0.05, 0) is 23.3 Å². The third-order valence-corrected chi connectivity index (χ3v) is 8.63. The topological polar surface area (TPSA) is 64.5 Å². The highest BCUT2D eigenvalue weighted by Crippen LogP contribution is 2.36. The molecule has 230 valence electrons. The summed E-state index contributed by atoms with van der Waals surface area (Å²) in [5.41, 5.74) is 9.78. The van der Waals surface area contributed by atoms with Crippen LogP contribution < -0.4 is 0 Å². The Morgan fingerprint density at radius 1 is 0.396 bits per heavy atom. The molecule has 8 rings (SSSR count). The lowest BCUT2D eigenvalue weighted by molar-refractivity contribution is 0.572. The highest BCUT2D eigenvalue weighted by molar-refractivity contribution is 6.08. The van der Waals surface area contributed by atoms with Crippen molar-refractivity contribution in [2.45, 2.75) is 26.2 Å². The number of hydrogen-bond donors (Lipinski definition) is 0. The fourth-order valence-electron chi connectivity index (χ4n) is 6.00. The Morgan fingerprint density at radius 3 is 1.42 bits per heavy atom. The van der Waals surface area contributed by atoms with Crippen molar-refractivity contribution in [2.24, 2.45) is 0 Å². The smallest absolute Gasteiger partial charge is 0.164 e. The van der Waals surface area contributed by atoms with E-state index in [1.807, 2.05) is 60.7 Å². The Labute approximate surface area is 280 Å². The SMILES string of the molecule is CC(C)(C)c1cc(-c2ccccc2)c2ccc3ccc(-c4ccc(-c5nc(-c6ccccc6)nc(-c6ccccc6)n5)cc4)nc3c2n1. The van der Waals surface area contributed by atoms with Crippen LogP contribution in [0.2, 0.25) is 0 Å². The number of rotatable bonds is 5. The molecule has 0 amide bonds. The minimum absolute atomic E-state index is 0.122. The van der Waals surface area contributed by atoms with E-state index >= 15 is 0 Å². The van der Waals surface area contributed by atoms with Gasteiger partial charge in [0.25, 0.3) is 0 Å². The summed E-state index contributed by atoms with van der Waals surface area (Å²) in [6.45, 7) is 6.62. The van der Waals surface area contributed by atoms with Crippen molar-refractivity contribution in [1.82, 2.24) is 24.9 Å². The molecule has 5 aromatic carbocycles. The first kappa shape index (κ1) is 29.3. The average molecular weight is 620 g/mol. The van der Waals surface area contributed by atoms with E-state index in [-0.39, 0.29) is 5.41 Å². The van der Waals surface area contributed by atoms with Crippen molar-refractivity contribution in [3.05, 3.63) is 151 Å². The maximum Gasteiger partial charge on any atom is 0.164 e. The van der Waals surface area contributed by atoms with Crippen LogP contribution in [0.5, 0.6) is 0 Å². The summed E-state index contributed by atoms with van der Waals surface area (Å²) < 4.78 is 0. The number of benzene rings is 5. The van der Waals surface area contributed by atoms with E-state index in [9.17, 15) is 0 Å². The highest BCUT2D eigenvalue weighted by Gasteiger charge is 2.20. The van der Waals surface area contributed by atoms with Gasteiger partial charge in [0.2, 0.25) is 0 Å². The van der Waals surface area contributed by atoms with Gasteiger partial charge in [0, 0.05) is 44.1 Å². The summed E-state index contributed by atoms with van der Waals surface area (Å²) in [6, 6.07) is 49.7. The van der Waals surface area contributed by atoms with Crippen LogP contribution >= 0.6 is 0 Å². The summed E-state index contributed by atoms with van der Waals surface area (Å²) in [5.74, 6) is 1.91. The summed E-state index contributed by atoms with van der Waals surface area (Å²) in [7, 11) is 0. The summed E-state index contributed by atoms with van der Waals surface area (Å²) in [5, 5.41) is 2.16. The Morgan fingerprint density at radius 2 is 0.875 bits per heavy atom. The molecule has 3 aromatic heterocycles. The molecule has 0 saturated heterocycles. The fraction of sp³-hybridized carbons (Fsp3) is 0.0930. The molecule has 0 aliphatic carbocycles. The molecule has 0 unspecified atom stereocenters. The normalized spacial score (nSPS) is 11.6. The number of nitrogens with zero attached hydrogens (tertiary/aromatic N) is 5. The molecule has 3 heterocycles.